The van der Waals surface area contributed by atoms with Crippen LogP contribution in [-0.4, -0.2) is 47.2 Å². The molecular formula is C12H22N2O2. The Labute approximate surface area is 97.3 Å². The molecule has 2 N–H and O–H groups in total. The molecule has 1 heterocycles. The summed E-state index contributed by atoms with van der Waals surface area (Å²) in [6.07, 6.45) is 3.03. The number of piperidine rings is 1. The van der Waals surface area contributed by atoms with Crippen molar-refractivity contribution in [2.24, 2.45) is 0 Å². The third kappa shape index (κ3) is 2.83. The van der Waals surface area contributed by atoms with Gasteiger partial charge in [-0.3, -0.25) is 10.1 Å². The second-order valence-corrected chi connectivity index (χ2v) is 4.69. The summed E-state index contributed by atoms with van der Waals surface area (Å²) >= 11 is 0. The van der Waals surface area contributed by atoms with Gasteiger partial charge in [0.2, 0.25) is 0 Å². The first-order valence-electron chi connectivity index (χ1n) is 5.85. The fourth-order valence-corrected chi connectivity index (χ4v) is 2.16. The van der Waals surface area contributed by atoms with Crippen LogP contribution in [0.1, 0.15) is 26.7 Å². The second-order valence-electron chi connectivity index (χ2n) is 4.69. The first-order valence-corrected chi connectivity index (χ1v) is 5.85. The number of hydrogen-bond acceptors (Lipinski definition) is 3. The SMILES string of the molecule is C=CCNC1(C(=O)O)CCN(C(C)C)CC1. The van der Waals surface area contributed by atoms with Gasteiger partial charge in [-0.2, -0.15) is 0 Å². The van der Waals surface area contributed by atoms with Crippen LogP contribution in [0.15, 0.2) is 12.7 Å². The minimum absolute atomic E-state index is 0.492. The molecule has 0 bridgehead atoms. The van der Waals surface area contributed by atoms with Crippen LogP contribution in [0.4, 0.5) is 0 Å². The topological polar surface area (TPSA) is 52.6 Å². The number of carboxylic acid groups (broad SMARTS) is 1. The van der Waals surface area contributed by atoms with Crippen LogP contribution < -0.4 is 5.32 Å². The van der Waals surface area contributed by atoms with E-state index in [0.29, 0.717) is 25.4 Å². The highest BCUT2D eigenvalue weighted by Crippen LogP contribution is 2.23. The van der Waals surface area contributed by atoms with Gasteiger partial charge in [0.25, 0.3) is 0 Å². The van der Waals surface area contributed by atoms with Crippen molar-refractivity contribution >= 4 is 5.97 Å². The van der Waals surface area contributed by atoms with Gasteiger partial charge in [0.15, 0.2) is 0 Å². The van der Waals surface area contributed by atoms with E-state index < -0.39 is 11.5 Å². The summed E-state index contributed by atoms with van der Waals surface area (Å²) < 4.78 is 0. The average molecular weight is 226 g/mol. The number of nitrogens with one attached hydrogen (secondary N) is 1. The Balaban J connectivity index is 2.62. The molecule has 4 nitrogen and oxygen atoms in total. The minimum Gasteiger partial charge on any atom is -0.480 e. The Bertz CT molecular complexity index is 256. The molecule has 0 radical (unpaired) electrons. The average Bonchev–Trinajstić information content (AvgIpc) is 2.26. The number of nitrogens with zero attached hydrogens (tertiary/aromatic N) is 1. The molecule has 0 unspecified atom stereocenters. The van der Waals surface area contributed by atoms with Crippen molar-refractivity contribution in [3.05, 3.63) is 12.7 Å². The molecule has 0 saturated carbocycles. The van der Waals surface area contributed by atoms with E-state index in [-0.39, 0.29) is 0 Å². The molecule has 1 aliphatic heterocycles. The van der Waals surface area contributed by atoms with Gasteiger partial charge in [0.1, 0.15) is 5.54 Å². The fraction of sp³-hybridized carbons (Fsp3) is 0.750. The summed E-state index contributed by atoms with van der Waals surface area (Å²) in [6.45, 7) is 10.1. The molecule has 0 aromatic heterocycles. The number of carbonyl (C=O) groups is 1. The fourth-order valence-electron chi connectivity index (χ4n) is 2.16. The Kier molecular flexibility index (Phi) is 4.50. The lowest BCUT2D eigenvalue weighted by atomic mass is 9.87. The van der Waals surface area contributed by atoms with Gasteiger partial charge in [-0.05, 0) is 26.7 Å². The zero-order valence-electron chi connectivity index (χ0n) is 10.2. The molecule has 1 saturated heterocycles. The van der Waals surface area contributed by atoms with Crippen molar-refractivity contribution in [2.45, 2.75) is 38.3 Å². The number of aliphatic carboxylic acids is 1. The summed E-state index contributed by atoms with van der Waals surface area (Å²) in [6, 6.07) is 0.492. The van der Waals surface area contributed by atoms with Gasteiger partial charge in [-0.15, -0.1) is 6.58 Å². The molecule has 0 atom stereocenters. The zero-order chi connectivity index (χ0) is 12.2. The molecule has 0 amide bonds. The standard InChI is InChI=1S/C12H22N2O2/c1-4-7-13-12(11(15)16)5-8-14(9-6-12)10(2)3/h4,10,13H,1,5-9H2,2-3H3,(H,15,16). The van der Waals surface area contributed by atoms with Crippen molar-refractivity contribution in [1.82, 2.24) is 10.2 Å². The van der Waals surface area contributed by atoms with E-state index in [1.54, 1.807) is 6.08 Å². The van der Waals surface area contributed by atoms with Crippen LogP contribution in [-0.2, 0) is 4.79 Å². The van der Waals surface area contributed by atoms with Crippen LogP contribution in [0.3, 0.4) is 0 Å². The van der Waals surface area contributed by atoms with E-state index in [1.165, 1.54) is 0 Å². The van der Waals surface area contributed by atoms with Gasteiger partial charge in [-0.25, -0.2) is 0 Å². The second kappa shape index (κ2) is 5.46. The Hall–Kier alpha value is -0.870. The smallest absolute Gasteiger partial charge is 0.324 e. The molecular weight excluding hydrogens is 204 g/mol. The minimum atomic E-state index is -0.750. The number of rotatable bonds is 5. The molecule has 0 aromatic carbocycles. The predicted octanol–water partition coefficient (Wildman–Crippen LogP) is 1.09. The first kappa shape index (κ1) is 13.2. The summed E-state index contributed by atoms with van der Waals surface area (Å²) in [5.74, 6) is -0.738. The molecule has 4 heteroatoms. The van der Waals surface area contributed by atoms with Gasteiger partial charge in [-0.1, -0.05) is 6.08 Å². The molecule has 0 spiro atoms. The van der Waals surface area contributed by atoms with Crippen LogP contribution >= 0.6 is 0 Å². The van der Waals surface area contributed by atoms with Crippen molar-refractivity contribution in [3.8, 4) is 0 Å². The van der Waals surface area contributed by atoms with E-state index in [4.69, 9.17) is 0 Å². The zero-order valence-corrected chi connectivity index (χ0v) is 10.2. The van der Waals surface area contributed by atoms with Crippen LogP contribution in [0.25, 0.3) is 0 Å². The van der Waals surface area contributed by atoms with Crippen LogP contribution in [0, 0.1) is 0 Å². The summed E-state index contributed by atoms with van der Waals surface area (Å²) in [4.78, 5) is 13.7. The van der Waals surface area contributed by atoms with Gasteiger partial charge < -0.3 is 10.0 Å². The summed E-state index contributed by atoms with van der Waals surface area (Å²) in [5.41, 5.74) is -0.750. The molecule has 1 fully saturated rings. The van der Waals surface area contributed by atoms with Crippen molar-refractivity contribution in [3.63, 3.8) is 0 Å². The van der Waals surface area contributed by atoms with Gasteiger partial charge >= 0.3 is 5.97 Å². The summed E-state index contributed by atoms with van der Waals surface area (Å²) in [7, 11) is 0. The van der Waals surface area contributed by atoms with E-state index in [2.05, 4.69) is 30.6 Å². The molecule has 0 aromatic rings. The first-order chi connectivity index (χ1) is 7.52. The monoisotopic (exact) mass is 226 g/mol. The number of hydrogen-bond donors (Lipinski definition) is 2. The lowest BCUT2D eigenvalue weighted by Gasteiger charge is -2.40. The van der Waals surface area contributed by atoms with E-state index in [1.807, 2.05) is 0 Å². The third-order valence-corrected chi connectivity index (χ3v) is 3.38. The highest BCUT2D eigenvalue weighted by molar-refractivity contribution is 5.79. The van der Waals surface area contributed by atoms with Crippen LogP contribution in [0.5, 0.6) is 0 Å². The van der Waals surface area contributed by atoms with Crippen molar-refractivity contribution < 1.29 is 9.90 Å². The molecule has 92 valence electrons. The largest absolute Gasteiger partial charge is 0.480 e. The maximum absolute atomic E-state index is 11.3. The van der Waals surface area contributed by atoms with E-state index in [9.17, 15) is 9.90 Å². The predicted molar refractivity (Wildman–Crippen MR) is 64.5 cm³/mol. The van der Waals surface area contributed by atoms with E-state index in [0.717, 1.165) is 13.1 Å². The molecule has 16 heavy (non-hydrogen) atoms. The third-order valence-electron chi connectivity index (χ3n) is 3.38. The maximum atomic E-state index is 11.3. The Morgan fingerprint density at radius 2 is 2.12 bits per heavy atom. The lowest BCUT2D eigenvalue weighted by Crippen LogP contribution is -2.59. The Morgan fingerprint density at radius 1 is 1.56 bits per heavy atom. The molecule has 1 aliphatic rings. The highest BCUT2D eigenvalue weighted by Gasteiger charge is 2.41. The summed E-state index contributed by atoms with van der Waals surface area (Å²) in [5, 5.41) is 12.4. The maximum Gasteiger partial charge on any atom is 0.324 e. The molecule has 0 aliphatic carbocycles. The molecule has 1 rings (SSSR count). The Morgan fingerprint density at radius 3 is 2.50 bits per heavy atom. The van der Waals surface area contributed by atoms with Gasteiger partial charge in [0.05, 0.1) is 0 Å². The van der Waals surface area contributed by atoms with Crippen LogP contribution in [0.2, 0.25) is 0 Å². The highest BCUT2D eigenvalue weighted by atomic mass is 16.4. The van der Waals surface area contributed by atoms with Crippen molar-refractivity contribution in [2.75, 3.05) is 19.6 Å². The van der Waals surface area contributed by atoms with Gasteiger partial charge in [0, 0.05) is 25.7 Å². The van der Waals surface area contributed by atoms with E-state index >= 15 is 0 Å². The van der Waals surface area contributed by atoms with Crippen molar-refractivity contribution in [1.29, 1.82) is 0 Å². The lowest BCUT2D eigenvalue weighted by molar-refractivity contribution is -0.147. The number of likely N-dealkylation sites (tertiary alicyclic amines) is 1. The normalized spacial score (nSPS) is 20.9. The number of carboxylic acids is 1. The quantitative estimate of drug-likeness (QED) is 0.689.